The number of nitrogens with one attached hydrogen (secondary N) is 1. The monoisotopic (exact) mass is 330 g/mol. The van der Waals surface area contributed by atoms with E-state index in [4.69, 9.17) is 14.2 Å². The second-order valence-corrected chi connectivity index (χ2v) is 5.67. The molecule has 1 fully saturated rings. The van der Waals surface area contributed by atoms with Crippen LogP contribution in [0.4, 0.5) is 0 Å². The van der Waals surface area contributed by atoms with E-state index in [9.17, 15) is 0 Å². The summed E-state index contributed by atoms with van der Waals surface area (Å²) in [6.45, 7) is 7.27. The average molecular weight is 331 g/mol. The lowest BCUT2D eigenvalue weighted by atomic mass is 10.1. The van der Waals surface area contributed by atoms with Crippen molar-refractivity contribution in [1.29, 1.82) is 0 Å². The van der Waals surface area contributed by atoms with E-state index in [1.807, 2.05) is 12.1 Å². The number of ether oxygens (including phenoxy) is 3. The fourth-order valence-corrected chi connectivity index (χ4v) is 3.03. The molecule has 1 aromatic carbocycles. The van der Waals surface area contributed by atoms with Crippen molar-refractivity contribution in [2.24, 2.45) is 0 Å². The second kappa shape index (κ2) is 8.46. The van der Waals surface area contributed by atoms with Gasteiger partial charge < -0.3 is 19.5 Å². The van der Waals surface area contributed by atoms with Crippen molar-refractivity contribution in [3.05, 3.63) is 17.7 Å². The van der Waals surface area contributed by atoms with Crippen LogP contribution in [0, 0.1) is 0 Å². The summed E-state index contributed by atoms with van der Waals surface area (Å²) in [4.78, 5) is 2.43. The van der Waals surface area contributed by atoms with Gasteiger partial charge in [0, 0.05) is 43.9 Å². The largest absolute Gasteiger partial charge is 0.496 e. The van der Waals surface area contributed by atoms with Gasteiger partial charge in [-0.15, -0.1) is 12.4 Å². The first kappa shape index (κ1) is 18.9. The first-order chi connectivity index (χ1) is 10.1. The summed E-state index contributed by atoms with van der Waals surface area (Å²) in [5, 5.41) is 3.55. The molecule has 126 valence electrons. The molecule has 22 heavy (non-hydrogen) atoms. The number of halogens is 1. The number of rotatable bonds is 5. The fraction of sp³-hybridized carbons (Fsp3) is 0.625. The molecule has 0 bridgehead atoms. The predicted molar refractivity (Wildman–Crippen MR) is 90.7 cm³/mol. The van der Waals surface area contributed by atoms with E-state index in [0.29, 0.717) is 12.1 Å². The SMILES string of the molecule is COc1cc(OC)c(CN2CC(C)NC(C)C2)c(OC)c1.Cl. The van der Waals surface area contributed by atoms with Crippen LogP contribution in [-0.4, -0.2) is 51.4 Å². The van der Waals surface area contributed by atoms with Crippen LogP contribution in [0.25, 0.3) is 0 Å². The Balaban J connectivity index is 0.00000242. The molecule has 1 aliphatic heterocycles. The van der Waals surface area contributed by atoms with Gasteiger partial charge in [0.25, 0.3) is 0 Å². The van der Waals surface area contributed by atoms with Crippen LogP contribution in [-0.2, 0) is 6.54 Å². The Morgan fingerprint density at radius 2 is 1.50 bits per heavy atom. The molecule has 6 heteroatoms. The van der Waals surface area contributed by atoms with Gasteiger partial charge in [-0.3, -0.25) is 4.90 Å². The first-order valence-electron chi connectivity index (χ1n) is 7.34. The molecule has 2 unspecified atom stereocenters. The van der Waals surface area contributed by atoms with Gasteiger partial charge in [0.15, 0.2) is 0 Å². The molecule has 1 N–H and O–H groups in total. The van der Waals surface area contributed by atoms with E-state index in [2.05, 4.69) is 24.1 Å². The van der Waals surface area contributed by atoms with Crippen molar-refractivity contribution < 1.29 is 14.2 Å². The van der Waals surface area contributed by atoms with Gasteiger partial charge in [-0.2, -0.15) is 0 Å². The molecule has 1 heterocycles. The highest BCUT2D eigenvalue weighted by Crippen LogP contribution is 2.35. The van der Waals surface area contributed by atoms with Crippen LogP contribution < -0.4 is 19.5 Å². The molecular formula is C16H27ClN2O3. The molecule has 1 aromatic rings. The Labute approximate surface area is 139 Å². The van der Waals surface area contributed by atoms with Crippen molar-refractivity contribution in [3.8, 4) is 17.2 Å². The van der Waals surface area contributed by atoms with Crippen LogP contribution in [0.3, 0.4) is 0 Å². The minimum absolute atomic E-state index is 0. The highest BCUT2D eigenvalue weighted by atomic mass is 35.5. The zero-order valence-corrected chi connectivity index (χ0v) is 14.8. The summed E-state index contributed by atoms with van der Waals surface area (Å²) in [6.07, 6.45) is 0. The Morgan fingerprint density at radius 3 is 1.91 bits per heavy atom. The Kier molecular flexibility index (Phi) is 7.26. The van der Waals surface area contributed by atoms with Gasteiger partial charge in [0.05, 0.1) is 26.9 Å². The lowest BCUT2D eigenvalue weighted by molar-refractivity contribution is 0.163. The highest BCUT2D eigenvalue weighted by Gasteiger charge is 2.23. The molecule has 0 aromatic heterocycles. The van der Waals surface area contributed by atoms with Crippen molar-refractivity contribution in [1.82, 2.24) is 10.2 Å². The number of benzene rings is 1. The lowest BCUT2D eigenvalue weighted by Crippen LogP contribution is -2.53. The van der Waals surface area contributed by atoms with Crippen molar-refractivity contribution in [3.63, 3.8) is 0 Å². The summed E-state index contributed by atoms with van der Waals surface area (Å²) < 4.78 is 16.3. The molecule has 2 rings (SSSR count). The standard InChI is InChI=1S/C16H26N2O3.ClH/c1-11-8-18(9-12(2)17-11)10-14-15(20-4)6-13(19-3)7-16(14)21-5;/h6-7,11-12,17H,8-10H2,1-5H3;1H. The molecule has 5 nitrogen and oxygen atoms in total. The third-order valence-corrected chi connectivity index (χ3v) is 3.83. The van der Waals surface area contributed by atoms with E-state index in [0.717, 1.165) is 42.4 Å². The van der Waals surface area contributed by atoms with Crippen LogP contribution in [0.15, 0.2) is 12.1 Å². The van der Waals surface area contributed by atoms with Crippen LogP contribution in [0.5, 0.6) is 17.2 Å². The van der Waals surface area contributed by atoms with Gasteiger partial charge in [-0.1, -0.05) is 0 Å². The van der Waals surface area contributed by atoms with Crippen LogP contribution in [0.1, 0.15) is 19.4 Å². The number of hydrogen-bond donors (Lipinski definition) is 1. The molecule has 1 aliphatic rings. The van der Waals surface area contributed by atoms with E-state index in [1.54, 1.807) is 21.3 Å². The quantitative estimate of drug-likeness (QED) is 0.897. The van der Waals surface area contributed by atoms with E-state index in [-0.39, 0.29) is 12.4 Å². The van der Waals surface area contributed by atoms with E-state index < -0.39 is 0 Å². The van der Waals surface area contributed by atoms with Crippen molar-refractivity contribution >= 4 is 12.4 Å². The molecule has 0 saturated carbocycles. The second-order valence-electron chi connectivity index (χ2n) is 5.67. The summed E-state index contributed by atoms with van der Waals surface area (Å²) >= 11 is 0. The number of hydrogen-bond acceptors (Lipinski definition) is 5. The predicted octanol–water partition coefficient (Wildman–Crippen LogP) is 2.32. The van der Waals surface area contributed by atoms with E-state index in [1.165, 1.54) is 0 Å². The lowest BCUT2D eigenvalue weighted by Gasteiger charge is -2.36. The van der Waals surface area contributed by atoms with Crippen molar-refractivity contribution in [2.45, 2.75) is 32.5 Å². The summed E-state index contributed by atoms with van der Waals surface area (Å²) in [6, 6.07) is 4.80. The fourth-order valence-electron chi connectivity index (χ4n) is 3.03. The Bertz CT molecular complexity index is 449. The number of nitrogens with zero attached hydrogens (tertiary/aromatic N) is 1. The zero-order chi connectivity index (χ0) is 15.4. The third-order valence-electron chi connectivity index (χ3n) is 3.83. The van der Waals surface area contributed by atoms with Crippen LogP contribution in [0.2, 0.25) is 0 Å². The molecule has 2 atom stereocenters. The zero-order valence-electron chi connectivity index (χ0n) is 14.0. The first-order valence-corrected chi connectivity index (χ1v) is 7.34. The number of methoxy groups -OCH3 is 3. The maximum Gasteiger partial charge on any atom is 0.130 e. The van der Waals surface area contributed by atoms with Gasteiger partial charge in [0.2, 0.25) is 0 Å². The summed E-state index contributed by atoms with van der Waals surface area (Å²) in [5.74, 6) is 2.37. The van der Waals surface area contributed by atoms with Crippen LogP contribution >= 0.6 is 12.4 Å². The Morgan fingerprint density at radius 1 is 1.00 bits per heavy atom. The third kappa shape index (κ3) is 4.41. The molecule has 0 aliphatic carbocycles. The van der Waals surface area contributed by atoms with Gasteiger partial charge >= 0.3 is 0 Å². The van der Waals surface area contributed by atoms with E-state index >= 15 is 0 Å². The topological polar surface area (TPSA) is 43.0 Å². The maximum atomic E-state index is 5.52. The van der Waals surface area contributed by atoms with Crippen molar-refractivity contribution in [2.75, 3.05) is 34.4 Å². The Hall–Kier alpha value is -1.17. The molecule has 0 radical (unpaired) electrons. The summed E-state index contributed by atoms with van der Waals surface area (Å²) in [5.41, 5.74) is 1.07. The maximum absolute atomic E-state index is 5.52. The minimum Gasteiger partial charge on any atom is -0.496 e. The average Bonchev–Trinajstić information content (AvgIpc) is 2.46. The molecule has 0 spiro atoms. The van der Waals surface area contributed by atoms with Gasteiger partial charge in [0.1, 0.15) is 17.2 Å². The number of piperazine rings is 1. The van der Waals surface area contributed by atoms with Gasteiger partial charge in [-0.05, 0) is 13.8 Å². The normalized spacial score (nSPS) is 21.9. The molecule has 0 amide bonds. The van der Waals surface area contributed by atoms with Gasteiger partial charge in [-0.25, -0.2) is 0 Å². The molecular weight excluding hydrogens is 304 g/mol. The smallest absolute Gasteiger partial charge is 0.130 e. The molecule has 1 saturated heterocycles. The summed E-state index contributed by atoms with van der Waals surface area (Å²) in [7, 11) is 5.01. The minimum atomic E-state index is 0. The highest BCUT2D eigenvalue weighted by molar-refractivity contribution is 5.85.